The number of nitrogens with one attached hydrogen (secondary N) is 2. The van der Waals surface area contributed by atoms with Crippen molar-refractivity contribution in [2.45, 2.75) is 50.1 Å². The number of anilines is 2. The van der Waals surface area contributed by atoms with E-state index in [-0.39, 0.29) is 36.2 Å². The molecule has 2 N–H and O–H groups in total. The van der Waals surface area contributed by atoms with Gasteiger partial charge in [-0.05, 0) is 67.8 Å². The van der Waals surface area contributed by atoms with Crippen LogP contribution in [0.15, 0.2) is 36.4 Å². The predicted octanol–water partition coefficient (Wildman–Crippen LogP) is 6.13. The number of alkyl halides is 4. The van der Waals surface area contributed by atoms with E-state index in [1.807, 2.05) is 4.90 Å². The van der Waals surface area contributed by atoms with Gasteiger partial charge in [-0.15, -0.1) is 11.3 Å². The molecule has 2 aromatic carbocycles. The van der Waals surface area contributed by atoms with Gasteiger partial charge in [0.25, 0.3) is 0 Å². The van der Waals surface area contributed by atoms with Gasteiger partial charge in [-0.1, -0.05) is 24.0 Å². The zero-order valence-electron chi connectivity index (χ0n) is 25.9. The number of sulfone groups is 1. The second-order valence-electron chi connectivity index (χ2n) is 12.2. The number of hydrogen-bond donors (Lipinski definition) is 2. The van der Waals surface area contributed by atoms with E-state index in [9.17, 15) is 26.2 Å². The van der Waals surface area contributed by atoms with Crippen LogP contribution in [0.1, 0.15) is 29.7 Å². The fourth-order valence-corrected chi connectivity index (χ4v) is 9.55. The third-order valence-corrected chi connectivity index (χ3v) is 13.0. The Morgan fingerprint density at radius 3 is 2.50 bits per heavy atom. The molecule has 5 rings (SSSR count). The summed E-state index contributed by atoms with van der Waals surface area (Å²) < 4.78 is 98.6. The van der Waals surface area contributed by atoms with Crippen molar-refractivity contribution in [1.82, 2.24) is 4.90 Å². The Hall–Kier alpha value is -2.78. The largest absolute Gasteiger partial charge is 0.495 e. The minimum Gasteiger partial charge on any atom is -0.495 e. The molecule has 2 aliphatic heterocycles. The number of hydrogen-bond acceptors (Lipinski definition) is 8. The van der Waals surface area contributed by atoms with Crippen LogP contribution >= 0.6 is 18.5 Å². The molecule has 1 aromatic heterocycles. The summed E-state index contributed by atoms with van der Waals surface area (Å²) >= 11 is 1.15. The summed E-state index contributed by atoms with van der Waals surface area (Å²) in [6.07, 6.45) is -5.33. The van der Waals surface area contributed by atoms with Crippen LogP contribution in [-0.2, 0) is 20.8 Å². The van der Waals surface area contributed by atoms with E-state index >= 15 is 4.39 Å². The summed E-state index contributed by atoms with van der Waals surface area (Å²) in [5, 5.41) is 7.49. The van der Waals surface area contributed by atoms with E-state index in [1.165, 1.54) is 7.11 Å². The molecule has 0 saturated carbocycles. The molecule has 2 saturated heterocycles. The van der Waals surface area contributed by atoms with Crippen LogP contribution in [-0.4, -0.2) is 89.3 Å². The Morgan fingerprint density at radius 2 is 1.85 bits per heavy atom. The molecule has 0 aliphatic carbocycles. The quantitative estimate of drug-likeness (QED) is 0.166. The van der Waals surface area contributed by atoms with E-state index in [0.29, 0.717) is 63.2 Å². The van der Waals surface area contributed by atoms with Crippen LogP contribution in [0.2, 0.25) is 0 Å². The van der Waals surface area contributed by atoms with Gasteiger partial charge in [0.05, 0.1) is 58.6 Å². The second kappa shape index (κ2) is 13.8. The lowest BCUT2D eigenvalue weighted by Gasteiger charge is -2.41. The van der Waals surface area contributed by atoms with Crippen LogP contribution < -0.4 is 20.7 Å². The molecule has 0 spiro atoms. The fourth-order valence-electron chi connectivity index (χ4n) is 6.05. The Morgan fingerprint density at radius 1 is 1.11 bits per heavy atom. The Labute approximate surface area is 271 Å². The summed E-state index contributed by atoms with van der Waals surface area (Å²) in [5.41, 5.74) is 1.27. The lowest BCUT2D eigenvalue weighted by molar-refractivity contribution is -0.126. The molecule has 2 atom stereocenters. The van der Waals surface area contributed by atoms with Gasteiger partial charge in [-0.3, -0.25) is 4.90 Å². The van der Waals surface area contributed by atoms with Crippen LogP contribution in [0, 0.1) is 11.8 Å². The van der Waals surface area contributed by atoms with Gasteiger partial charge in [-0.25, -0.2) is 12.8 Å². The number of rotatable bonds is 8. The van der Waals surface area contributed by atoms with E-state index in [0.717, 1.165) is 11.3 Å². The van der Waals surface area contributed by atoms with E-state index in [1.54, 1.807) is 49.7 Å². The maximum atomic E-state index is 15.5. The molecule has 46 heavy (non-hydrogen) atoms. The highest BCUT2D eigenvalue weighted by Gasteiger charge is 2.36. The zero-order chi connectivity index (χ0) is 33.3. The molecule has 2 aliphatic rings. The smallest absolute Gasteiger partial charge is 0.393 e. The Balaban J connectivity index is 1.33. The van der Waals surface area contributed by atoms with Crippen LogP contribution in [0.25, 0.3) is 10.1 Å². The number of ether oxygens (including phenoxy) is 1. The first-order chi connectivity index (χ1) is 21.6. The van der Waals surface area contributed by atoms with Gasteiger partial charge >= 0.3 is 6.18 Å². The standard InChI is InChI=1S/C32H38F4N3O4PS2/c1-43-29-18-22(44(2,3)40)9-10-27(29)37-14-5-8-30-24(19-32(34,35)36)23-6-4-7-28(31(23)45-30)38-26-11-15-39(20-25(26)33)21-12-16-46(41,42)17-13-21/h4,6-7,9-10,18,21,25-26,37-38H,11-17,19-20H2,1-3H3/t25?,26-/m1/s1. The molecule has 0 bridgehead atoms. The Bertz CT molecular complexity index is 1780. The topological polar surface area (TPSA) is 87.7 Å². The average Bonchev–Trinajstić information content (AvgIpc) is 3.32. The molecular weight excluding hydrogens is 661 g/mol. The number of fused-ring (bicyclic) bond motifs is 1. The van der Waals surface area contributed by atoms with Crippen molar-refractivity contribution in [1.29, 1.82) is 0 Å². The first kappa shape index (κ1) is 34.6. The number of thiophene rings is 1. The SMILES string of the molecule is COc1cc(P(C)(C)=O)ccc1NCC#Cc1sc2c(N[C@@H]3CCN(C4CCS(=O)(=O)CC4)CC3F)cccc2c1CC(F)(F)F. The van der Waals surface area contributed by atoms with Crippen molar-refractivity contribution in [3.8, 4) is 17.6 Å². The highest BCUT2D eigenvalue weighted by molar-refractivity contribution is 7.91. The Kier molecular flexibility index (Phi) is 10.3. The zero-order valence-corrected chi connectivity index (χ0v) is 28.4. The molecular formula is C32H38F4N3O4PS2. The van der Waals surface area contributed by atoms with Crippen molar-refractivity contribution in [3.63, 3.8) is 0 Å². The molecule has 7 nitrogen and oxygen atoms in total. The normalized spacial score (nSPS) is 21.0. The van der Waals surface area contributed by atoms with Crippen molar-refractivity contribution >= 4 is 55.1 Å². The number of halogens is 4. The third-order valence-electron chi connectivity index (χ3n) is 8.53. The maximum absolute atomic E-state index is 15.5. The molecule has 3 aromatic rings. The summed E-state index contributed by atoms with van der Waals surface area (Å²) in [6.45, 7) is 4.25. The van der Waals surface area contributed by atoms with Gasteiger partial charge < -0.3 is 19.9 Å². The molecule has 0 amide bonds. The number of nitrogens with zero attached hydrogens (tertiary/aromatic N) is 1. The second-order valence-corrected chi connectivity index (χ2v) is 18.8. The van der Waals surface area contributed by atoms with Crippen molar-refractivity contribution < 1.29 is 35.3 Å². The molecule has 14 heteroatoms. The number of piperidine rings is 1. The van der Waals surface area contributed by atoms with Crippen molar-refractivity contribution in [2.75, 3.05) is 62.2 Å². The minimum absolute atomic E-state index is 0.0378. The summed E-state index contributed by atoms with van der Waals surface area (Å²) in [5.74, 6) is 6.59. The van der Waals surface area contributed by atoms with Crippen molar-refractivity contribution in [2.24, 2.45) is 0 Å². The molecule has 0 radical (unpaired) electrons. The predicted molar refractivity (Wildman–Crippen MR) is 179 cm³/mol. The lowest BCUT2D eigenvalue weighted by atomic mass is 9.98. The van der Waals surface area contributed by atoms with Crippen molar-refractivity contribution in [3.05, 3.63) is 46.8 Å². The van der Waals surface area contributed by atoms with Gasteiger partial charge in [0.15, 0.2) is 0 Å². The first-order valence-corrected chi connectivity index (χ1v) is 20.3. The monoisotopic (exact) mass is 699 g/mol. The summed E-state index contributed by atoms with van der Waals surface area (Å²) in [6, 6.07) is 9.75. The highest BCUT2D eigenvalue weighted by atomic mass is 32.2. The van der Waals surface area contributed by atoms with Crippen LogP contribution in [0.3, 0.4) is 0 Å². The fraction of sp³-hybridized carbons (Fsp3) is 0.500. The minimum atomic E-state index is -4.45. The first-order valence-electron chi connectivity index (χ1n) is 15.1. The highest BCUT2D eigenvalue weighted by Crippen LogP contribution is 2.40. The van der Waals surface area contributed by atoms with Gasteiger partial charge in [-0.2, -0.15) is 13.2 Å². The maximum Gasteiger partial charge on any atom is 0.393 e. The lowest BCUT2D eigenvalue weighted by Crippen LogP contribution is -2.52. The van der Waals surface area contributed by atoms with Gasteiger partial charge in [0.2, 0.25) is 0 Å². The number of methoxy groups -OCH3 is 1. The molecule has 250 valence electrons. The van der Waals surface area contributed by atoms with Gasteiger partial charge in [0, 0.05) is 24.4 Å². The summed E-state index contributed by atoms with van der Waals surface area (Å²) in [4.78, 5) is 2.32. The number of likely N-dealkylation sites (tertiary alicyclic amines) is 1. The van der Waals surface area contributed by atoms with Gasteiger partial charge in [0.1, 0.15) is 28.9 Å². The molecule has 1 unspecified atom stereocenters. The number of benzene rings is 2. The summed E-state index contributed by atoms with van der Waals surface area (Å²) in [7, 11) is -4.01. The van der Waals surface area contributed by atoms with E-state index in [4.69, 9.17) is 4.74 Å². The third kappa shape index (κ3) is 8.38. The van der Waals surface area contributed by atoms with Crippen LogP contribution in [0.5, 0.6) is 5.75 Å². The van der Waals surface area contributed by atoms with E-state index < -0.39 is 41.8 Å². The molecule has 3 heterocycles. The van der Waals surface area contributed by atoms with Crippen LogP contribution in [0.4, 0.5) is 28.9 Å². The van der Waals surface area contributed by atoms with E-state index in [2.05, 4.69) is 22.5 Å². The average molecular weight is 700 g/mol. The molecule has 2 fully saturated rings.